The predicted molar refractivity (Wildman–Crippen MR) is 186 cm³/mol. The predicted octanol–water partition coefficient (Wildman–Crippen LogP) is 1.79. The van der Waals surface area contributed by atoms with E-state index in [1.807, 2.05) is 25.9 Å². The summed E-state index contributed by atoms with van der Waals surface area (Å²) in [6, 6.07) is -0.324. The molecular weight excluding hydrogens is 666 g/mol. The monoisotopic (exact) mass is 733 g/mol. The Bertz CT molecular complexity index is 1170. The molecule has 14 heteroatoms. The van der Waals surface area contributed by atoms with Crippen LogP contribution in [0.3, 0.4) is 0 Å². The number of carbonyl (C=O) groups excluding carboxylic acids is 2. The van der Waals surface area contributed by atoms with Crippen LogP contribution in [-0.2, 0) is 38.0 Å². The van der Waals surface area contributed by atoms with E-state index >= 15 is 0 Å². The highest BCUT2D eigenvalue weighted by molar-refractivity contribution is 5.83. The Labute approximate surface area is 304 Å². The minimum atomic E-state index is -1.99. The van der Waals surface area contributed by atoms with Crippen LogP contribution in [0.4, 0.5) is 0 Å². The normalized spacial score (nSPS) is 49.7. The number of Topliss-reactive ketones (excluding diaryl/α,β-unsaturated/α-hetero) is 1. The average molecular weight is 734 g/mol. The quantitative estimate of drug-likeness (QED) is 0.238. The van der Waals surface area contributed by atoms with E-state index in [0.717, 1.165) is 0 Å². The Kier molecular flexibility index (Phi) is 14.7. The molecule has 0 bridgehead atoms. The Hall–Kier alpha value is -1.30. The fourth-order valence-corrected chi connectivity index (χ4v) is 8.41. The molecule has 3 saturated heterocycles. The summed E-state index contributed by atoms with van der Waals surface area (Å²) in [4.78, 5) is 29.8. The van der Waals surface area contributed by atoms with Gasteiger partial charge in [-0.25, -0.2) is 0 Å². The number of hydrogen-bond acceptors (Lipinski definition) is 14. The van der Waals surface area contributed by atoms with Gasteiger partial charge in [-0.2, -0.15) is 0 Å². The first-order chi connectivity index (χ1) is 23.4. The highest BCUT2D eigenvalue weighted by Gasteiger charge is 2.53. The van der Waals surface area contributed by atoms with E-state index in [1.165, 1.54) is 27.9 Å². The Balaban J connectivity index is 2.18. The van der Waals surface area contributed by atoms with Crippen LogP contribution in [0.1, 0.15) is 94.9 Å². The van der Waals surface area contributed by atoms with E-state index in [-0.39, 0.29) is 31.4 Å². The number of methoxy groups -OCH3 is 1. The number of nitrogens with zero attached hydrogens (tertiary/aromatic N) is 1. The molecule has 3 aliphatic heterocycles. The van der Waals surface area contributed by atoms with E-state index in [9.17, 15) is 35.1 Å². The highest BCUT2D eigenvalue weighted by Crippen LogP contribution is 2.40. The number of ketones is 1. The first-order valence-electron chi connectivity index (χ1n) is 18.5. The van der Waals surface area contributed by atoms with Crippen LogP contribution in [0.2, 0.25) is 0 Å². The maximum atomic E-state index is 14.1. The number of rotatable bonds is 7. The SMILES string of the molecule is CC[C@H]1OC(=O)[C@H](C)[C@@H](O[C@H]2C[C@](C)(OC)[C@H](O)[C@@H](C)O2)[C@H](C)[C@@H](O[C@H]2O[C@H](C)C[C@H](N(C)C)[C@H]2O)[C@](C)(O)C[C@@H](C)C(=O)[C@H](C)[C@@H](O)[C@]1(C)O. The second-order valence-corrected chi connectivity index (χ2v) is 16.5. The van der Waals surface area contributed by atoms with Gasteiger partial charge in [0.1, 0.15) is 29.7 Å². The van der Waals surface area contributed by atoms with Crippen LogP contribution >= 0.6 is 0 Å². The first kappa shape index (κ1) is 44.1. The number of esters is 1. The largest absolute Gasteiger partial charge is 0.459 e. The van der Waals surface area contributed by atoms with Gasteiger partial charge < -0.3 is 58.9 Å². The molecule has 51 heavy (non-hydrogen) atoms. The number of aliphatic hydroxyl groups is 5. The van der Waals surface area contributed by atoms with Crippen molar-refractivity contribution in [3.05, 3.63) is 0 Å². The molecule has 298 valence electrons. The van der Waals surface area contributed by atoms with Gasteiger partial charge in [0.2, 0.25) is 0 Å². The number of cyclic esters (lactones) is 1. The summed E-state index contributed by atoms with van der Waals surface area (Å²) in [7, 11) is 5.18. The van der Waals surface area contributed by atoms with Crippen LogP contribution in [0.15, 0.2) is 0 Å². The van der Waals surface area contributed by atoms with Gasteiger partial charge in [0.15, 0.2) is 12.6 Å². The molecule has 0 unspecified atom stereocenters. The zero-order chi connectivity index (χ0) is 39.0. The van der Waals surface area contributed by atoms with Crippen molar-refractivity contribution in [1.82, 2.24) is 4.90 Å². The topological polar surface area (TPSA) is 194 Å². The van der Waals surface area contributed by atoms with Gasteiger partial charge in [-0.05, 0) is 74.9 Å². The van der Waals surface area contributed by atoms with Crippen molar-refractivity contribution in [3.63, 3.8) is 0 Å². The van der Waals surface area contributed by atoms with Crippen LogP contribution in [-0.4, -0.2) is 148 Å². The van der Waals surface area contributed by atoms with E-state index < -0.39 is 108 Å². The van der Waals surface area contributed by atoms with Gasteiger partial charge in [-0.15, -0.1) is 0 Å². The lowest BCUT2D eigenvalue weighted by atomic mass is 9.74. The molecule has 3 fully saturated rings. The standard InChI is InChI=1S/C37H67NO13/c1-14-25-37(10,45)30(41)20(4)27(39)18(2)16-35(8,44)32(51-34-28(40)24(38(11)12)15-19(3)47-34)21(5)29(22(6)33(43)49-25)50-26-17-36(9,46-13)31(42)23(7)48-26/h18-26,28-32,34,40-42,44-45H,14-17H2,1-13H3/t18-,19-,20+,21+,22-,23-,24+,25-,26+,28-,29+,30-,31-,32-,34-,35-,36+,37-/m1/s1. The van der Waals surface area contributed by atoms with Crippen molar-refractivity contribution < 1.29 is 63.5 Å². The molecule has 0 aromatic heterocycles. The third kappa shape index (κ3) is 9.51. The summed E-state index contributed by atoms with van der Waals surface area (Å²) in [6.45, 7) is 16.3. The van der Waals surface area contributed by atoms with Crippen molar-refractivity contribution in [2.24, 2.45) is 23.7 Å². The van der Waals surface area contributed by atoms with Gasteiger partial charge in [0.25, 0.3) is 0 Å². The maximum absolute atomic E-state index is 14.1. The molecule has 0 aromatic rings. The molecule has 3 heterocycles. The van der Waals surface area contributed by atoms with Gasteiger partial charge in [-0.3, -0.25) is 9.59 Å². The number of hydrogen-bond donors (Lipinski definition) is 5. The Morgan fingerprint density at radius 2 is 1.49 bits per heavy atom. The van der Waals surface area contributed by atoms with Gasteiger partial charge in [0.05, 0.1) is 47.6 Å². The minimum absolute atomic E-state index is 0.0936. The summed E-state index contributed by atoms with van der Waals surface area (Å²) in [5.74, 6) is -4.98. The zero-order valence-electron chi connectivity index (χ0n) is 32.9. The van der Waals surface area contributed by atoms with Crippen LogP contribution in [0, 0.1) is 23.7 Å². The summed E-state index contributed by atoms with van der Waals surface area (Å²) in [5, 5.41) is 57.6. The molecule has 0 spiro atoms. The van der Waals surface area contributed by atoms with E-state index in [2.05, 4.69) is 0 Å². The number of carbonyl (C=O) groups is 2. The number of likely N-dealkylation sites (N-methyl/N-ethyl adjacent to an activating group) is 1. The molecule has 3 rings (SSSR count). The molecule has 18 atom stereocenters. The lowest BCUT2D eigenvalue weighted by Gasteiger charge is -2.49. The number of aliphatic hydroxyl groups excluding tert-OH is 3. The summed E-state index contributed by atoms with van der Waals surface area (Å²) >= 11 is 0. The van der Waals surface area contributed by atoms with Crippen LogP contribution in [0.25, 0.3) is 0 Å². The molecular formula is C37H67NO13. The van der Waals surface area contributed by atoms with Crippen molar-refractivity contribution in [3.8, 4) is 0 Å². The lowest BCUT2D eigenvalue weighted by Crippen LogP contribution is -2.61. The van der Waals surface area contributed by atoms with Crippen molar-refractivity contribution in [2.45, 2.75) is 179 Å². The number of ether oxygens (including phenoxy) is 6. The molecule has 0 radical (unpaired) electrons. The summed E-state index contributed by atoms with van der Waals surface area (Å²) in [6.07, 6.45) is -9.71. The van der Waals surface area contributed by atoms with E-state index in [0.29, 0.717) is 6.42 Å². The third-order valence-corrected chi connectivity index (χ3v) is 11.8. The Morgan fingerprint density at radius 3 is 2.04 bits per heavy atom. The Morgan fingerprint density at radius 1 is 0.882 bits per heavy atom. The first-order valence-corrected chi connectivity index (χ1v) is 18.5. The second-order valence-electron chi connectivity index (χ2n) is 16.5. The van der Waals surface area contributed by atoms with Crippen LogP contribution in [0.5, 0.6) is 0 Å². The summed E-state index contributed by atoms with van der Waals surface area (Å²) < 4.78 is 37.1. The van der Waals surface area contributed by atoms with Gasteiger partial charge in [0, 0.05) is 37.3 Å². The fourth-order valence-electron chi connectivity index (χ4n) is 8.41. The molecule has 0 amide bonds. The molecule has 0 aliphatic carbocycles. The summed E-state index contributed by atoms with van der Waals surface area (Å²) in [5.41, 5.74) is -4.84. The molecule has 14 nitrogen and oxygen atoms in total. The highest BCUT2D eigenvalue weighted by atomic mass is 16.7. The van der Waals surface area contributed by atoms with E-state index in [1.54, 1.807) is 41.5 Å². The van der Waals surface area contributed by atoms with Gasteiger partial charge >= 0.3 is 5.97 Å². The fraction of sp³-hybridized carbons (Fsp3) is 0.946. The van der Waals surface area contributed by atoms with Gasteiger partial charge in [-0.1, -0.05) is 27.7 Å². The average Bonchev–Trinajstić information content (AvgIpc) is 3.05. The third-order valence-electron chi connectivity index (χ3n) is 11.8. The van der Waals surface area contributed by atoms with E-state index in [4.69, 9.17) is 28.4 Å². The zero-order valence-corrected chi connectivity index (χ0v) is 32.9. The maximum Gasteiger partial charge on any atom is 0.311 e. The van der Waals surface area contributed by atoms with Crippen molar-refractivity contribution in [1.29, 1.82) is 0 Å². The second kappa shape index (κ2) is 17.0. The lowest BCUT2D eigenvalue weighted by molar-refractivity contribution is -0.318. The molecule has 0 aromatic carbocycles. The van der Waals surface area contributed by atoms with Crippen LogP contribution < -0.4 is 0 Å². The minimum Gasteiger partial charge on any atom is -0.459 e. The molecule has 5 N–H and O–H groups in total. The smallest absolute Gasteiger partial charge is 0.311 e. The van der Waals surface area contributed by atoms with Crippen molar-refractivity contribution >= 4 is 11.8 Å². The molecule has 3 aliphatic rings. The molecule has 0 saturated carbocycles. The van der Waals surface area contributed by atoms with Crippen molar-refractivity contribution in [2.75, 3.05) is 21.2 Å².